The molecule has 0 amide bonds. The lowest BCUT2D eigenvalue weighted by atomic mass is 9.84. The largest absolute Gasteiger partial charge is 0.456 e. The molecule has 12 rings (SSSR count). The summed E-state index contributed by atoms with van der Waals surface area (Å²) < 4.78 is 83.3. The predicted octanol–water partition coefficient (Wildman–Crippen LogP) is 15.6. The van der Waals surface area contributed by atoms with Crippen molar-refractivity contribution in [1.29, 1.82) is 0 Å². The third-order valence-corrected chi connectivity index (χ3v) is 12.1. The Balaban J connectivity index is 1.30. The van der Waals surface area contributed by atoms with E-state index in [0.29, 0.717) is 33.4 Å². The van der Waals surface area contributed by atoms with Crippen molar-refractivity contribution in [2.45, 2.75) is 0 Å². The SMILES string of the molecule is [2H]c1c([2H])c([2H])c2c(-c3cc4oc5ccc(-c6ccccc6)cc5c4c4sc5ccccc5c34)c3c([2H])c([2H])c([2H])c([2H])c3c(-c3ccc4c(ccc5ccccc54)c3)c2c1[2H]. The van der Waals surface area contributed by atoms with Crippen molar-refractivity contribution >= 4 is 96.5 Å². The molecule has 0 saturated carbocycles. The Morgan fingerprint density at radius 1 is 0.407 bits per heavy atom. The molecule has 12 aromatic rings. The van der Waals surface area contributed by atoms with E-state index < -0.39 is 24.2 Å². The smallest absolute Gasteiger partial charge is 0.137 e. The van der Waals surface area contributed by atoms with Crippen LogP contribution in [-0.2, 0) is 0 Å². The molecule has 0 aliphatic rings. The summed E-state index contributed by atoms with van der Waals surface area (Å²) in [5.41, 5.74) is 5.05. The summed E-state index contributed by atoms with van der Waals surface area (Å²) in [6.45, 7) is 0. The molecule has 2 heterocycles. The van der Waals surface area contributed by atoms with Crippen molar-refractivity contribution in [1.82, 2.24) is 0 Å². The van der Waals surface area contributed by atoms with Crippen LogP contribution in [0.4, 0.5) is 0 Å². The van der Waals surface area contributed by atoms with Gasteiger partial charge < -0.3 is 4.42 Å². The maximum Gasteiger partial charge on any atom is 0.137 e. The fourth-order valence-electron chi connectivity index (χ4n) is 8.50. The molecule has 0 fully saturated rings. The van der Waals surface area contributed by atoms with Crippen molar-refractivity contribution in [3.8, 4) is 33.4 Å². The molecular weight excluding hydrogens is 673 g/mol. The van der Waals surface area contributed by atoms with E-state index in [2.05, 4.69) is 24.3 Å². The van der Waals surface area contributed by atoms with E-state index in [-0.39, 0.29) is 45.7 Å². The Labute approximate surface area is 326 Å². The molecule has 54 heavy (non-hydrogen) atoms. The number of furan rings is 1. The summed E-state index contributed by atoms with van der Waals surface area (Å²) >= 11 is 1.60. The summed E-state index contributed by atoms with van der Waals surface area (Å²) in [6, 6.07) is 41.2. The summed E-state index contributed by atoms with van der Waals surface area (Å²) in [5, 5.41) is 8.20. The van der Waals surface area contributed by atoms with Gasteiger partial charge in [0.05, 0.1) is 11.0 Å². The fourth-order valence-corrected chi connectivity index (χ4v) is 9.78. The highest BCUT2D eigenvalue weighted by Gasteiger charge is 2.23. The second-order valence-corrected chi connectivity index (χ2v) is 14.8. The van der Waals surface area contributed by atoms with Crippen molar-refractivity contribution < 1.29 is 15.4 Å². The first kappa shape index (κ1) is 23.0. The average molecular weight is 711 g/mol. The third-order valence-electron chi connectivity index (χ3n) is 10.9. The first-order chi connectivity index (χ1) is 30.1. The molecule has 0 spiro atoms. The van der Waals surface area contributed by atoms with Gasteiger partial charge in [0.2, 0.25) is 0 Å². The number of rotatable bonds is 3. The maximum absolute atomic E-state index is 9.68. The van der Waals surface area contributed by atoms with E-state index in [4.69, 9.17) is 9.90 Å². The van der Waals surface area contributed by atoms with Crippen molar-refractivity contribution in [3.05, 3.63) is 182 Å². The molecule has 0 unspecified atom stereocenters. The predicted molar refractivity (Wildman–Crippen MR) is 233 cm³/mol. The van der Waals surface area contributed by atoms with Gasteiger partial charge in [0.25, 0.3) is 0 Å². The van der Waals surface area contributed by atoms with Gasteiger partial charge in [-0.1, -0.05) is 151 Å². The van der Waals surface area contributed by atoms with Gasteiger partial charge in [-0.2, -0.15) is 0 Å². The Morgan fingerprint density at radius 3 is 1.85 bits per heavy atom. The number of benzene rings is 10. The Hall–Kier alpha value is -6.74. The fraction of sp³-hybridized carbons (Fsp3) is 0. The van der Waals surface area contributed by atoms with E-state index in [1.165, 1.54) is 0 Å². The minimum absolute atomic E-state index is 0.167. The number of hydrogen-bond acceptors (Lipinski definition) is 2. The monoisotopic (exact) mass is 710 g/mol. The molecular formula is C52H30OS. The van der Waals surface area contributed by atoms with Gasteiger partial charge >= 0.3 is 0 Å². The second kappa shape index (κ2) is 11.4. The zero-order valence-electron chi connectivity index (χ0n) is 36.5. The number of hydrogen-bond donors (Lipinski definition) is 0. The minimum Gasteiger partial charge on any atom is -0.456 e. The topological polar surface area (TPSA) is 13.1 Å². The van der Waals surface area contributed by atoms with E-state index in [1.54, 1.807) is 11.3 Å². The van der Waals surface area contributed by atoms with E-state index in [9.17, 15) is 5.48 Å². The molecule has 0 aliphatic heterocycles. The standard InChI is InChI=1S/C52H30OS/c1-2-12-31(13-3-1)33-25-27-45-43(29-33)51-46(53-45)30-44(50-42-20-10-11-21-47(42)54-52(50)51)49-40-18-8-6-16-38(40)48(39-17-7-9-19-41(39)49)35-24-26-37-34(28-35)23-22-32-14-4-5-15-36(32)37/h1-30H/i6D,7D,8D,9D,16D,17D,18D,19D. The van der Waals surface area contributed by atoms with Gasteiger partial charge in [-0.05, 0) is 107 Å². The zero-order valence-corrected chi connectivity index (χ0v) is 29.3. The van der Waals surface area contributed by atoms with Crippen molar-refractivity contribution in [2.75, 3.05) is 0 Å². The van der Waals surface area contributed by atoms with Crippen LogP contribution < -0.4 is 0 Å². The third kappa shape index (κ3) is 4.26. The molecule has 0 N–H and O–H groups in total. The Kier molecular flexibility index (Phi) is 4.85. The summed E-state index contributed by atoms with van der Waals surface area (Å²) in [5.74, 6) is 0. The van der Waals surface area contributed by atoms with Gasteiger partial charge in [0, 0.05) is 30.9 Å². The van der Waals surface area contributed by atoms with Crippen LogP contribution in [0.3, 0.4) is 0 Å². The highest BCUT2D eigenvalue weighted by Crippen LogP contribution is 2.51. The second-order valence-electron chi connectivity index (χ2n) is 13.8. The lowest BCUT2D eigenvalue weighted by Gasteiger charge is -2.19. The van der Waals surface area contributed by atoms with Crippen LogP contribution in [0.5, 0.6) is 0 Å². The highest BCUT2D eigenvalue weighted by atomic mass is 32.1. The van der Waals surface area contributed by atoms with Crippen LogP contribution in [0.1, 0.15) is 11.0 Å². The number of fused-ring (bicyclic) bond motifs is 12. The molecule has 10 aromatic carbocycles. The molecule has 0 atom stereocenters. The summed E-state index contributed by atoms with van der Waals surface area (Å²) in [7, 11) is 0. The van der Waals surface area contributed by atoms with Gasteiger partial charge in [0.1, 0.15) is 11.2 Å². The van der Waals surface area contributed by atoms with E-state index in [0.717, 1.165) is 63.6 Å². The molecule has 2 aromatic heterocycles. The normalized spacial score (nSPS) is 14.1. The summed E-state index contributed by atoms with van der Waals surface area (Å²) in [4.78, 5) is 0. The van der Waals surface area contributed by atoms with Crippen LogP contribution in [0.15, 0.2) is 186 Å². The molecule has 0 saturated heterocycles. The van der Waals surface area contributed by atoms with Crippen LogP contribution in [0.25, 0.3) is 119 Å². The Bertz CT molecular complexity index is 3880. The molecule has 250 valence electrons. The van der Waals surface area contributed by atoms with Gasteiger partial charge in [-0.3, -0.25) is 0 Å². The van der Waals surface area contributed by atoms with E-state index >= 15 is 0 Å². The molecule has 0 aliphatic carbocycles. The lowest BCUT2D eigenvalue weighted by Crippen LogP contribution is -1.91. The highest BCUT2D eigenvalue weighted by molar-refractivity contribution is 7.27. The molecule has 0 radical (unpaired) electrons. The van der Waals surface area contributed by atoms with Gasteiger partial charge in [-0.25, -0.2) is 0 Å². The molecule has 2 heteroatoms. The van der Waals surface area contributed by atoms with Crippen LogP contribution in [0.2, 0.25) is 0 Å². The van der Waals surface area contributed by atoms with Gasteiger partial charge in [-0.15, -0.1) is 11.3 Å². The minimum atomic E-state index is -0.440. The Morgan fingerprint density at radius 2 is 1.06 bits per heavy atom. The van der Waals surface area contributed by atoms with Crippen LogP contribution >= 0.6 is 11.3 Å². The average Bonchev–Trinajstić information content (AvgIpc) is 3.88. The van der Waals surface area contributed by atoms with Gasteiger partial charge in [0.15, 0.2) is 0 Å². The lowest BCUT2D eigenvalue weighted by molar-refractivity contribution is 0.669. The van der Waals surface area contributed by atoms with Crippen molar-refractivity contribution in [2.24, 2.45) is 0 Å². The zero-order chi connectivity index (χ0) is 42.3. The van der Waals surface area contributed by atoms with Crippen LogP contribution in [0, 0.1) is 0 Å². The quantitative estimate of drug-likeness (QED) is 0.131. The van der Waals surface area contributed by atoms with Crippen LogP contribution in [-0.4, -0.2) is 0 Å². The first-order valence-electron chi connectivity index (χ1n) is 21.8. The number of thiophene rings is 1. The molecule has 1 nitrogen and oxygen atoms in total. The van der Waals surface area contributed by atoms with Crippen molar-refractivity contribution in [3.63, 3.8) is 0 Å². The molecule has 0 bridgehead atoms. The maximum atomic E-state index is 9.68. The first-order valence-corrected chi connectivity index (χ1v) is 18.7. The summed E-state index contributed by atoms with van der Waals surface area (Å²) in [6.07, 6.45) is 0. The van der Waals surface area contributed by atoms with E-state index in [1.807, 2.05) is 109 Å².